The van der Waals surface area contributed by atoms with Crippen LogP contribution in [0.25, 0.3) is 11.1 Å². The van der Waals surface area contributed by atoms with Crippen LogP contribution in [0, 0.1) is 0 Å². The van der Waals surface area contributed by atoms with Crippen LogP contribution >= 0.6 is 0 Å². The second kappa shape index (κ2) is 6.25. The summed E-state index contributed by atoms with van der Waals surface area (Å²) in [6.07, 6.45) is 0.722. The van der Waals surface area contributed by atoms with Crippen molar-refractivity contribution < 1.29 is 18.7 Å². The fourth-order valence-corrected chi connectivity index (χ4v) is 3.38. The van der Waals surface area contributed by atoms with E-state index in [2.05, 4.69) is 4.98 Å². The number of aromatic amines is 1. The van der Waals surface area contributed by atoms with Crippen molar-refractivity contribution in [3.63, 3.8) is 0 Å². The molecule has 1 aromatic heterocycles. The molecule has 26 heavy (non-hydrogen) atoms. The van der Waals surface area contributed by atoms with Crippen LogP contribution in [0.4, 0.5) is 0 Å². The number of hydrogen-bond acceptors (Lipinski definition) is 5. The summed E-state index contributed by atoms with van der Waals surface area (Å²) in [5.74, 6) is 0.614. The van der Waals surface area contributed by atoms with E-state index < -0.39 is 5.76 Å². The number of benzene rings is 2. The number of carbonyl (C=O) groups is 1. The SMILES string of the molecule is COc1cc2c(cc1OC)CN(C(=O)c1cccc3oc(=O)[nH]c13)CC2. The lowest BCUT2D eigenvalue weighted by molar-refractivity contribution is 0.0736. The molecule has 0 aliphatic carbocycles. The van der Waals surface area contributed by atoms with Gasteiger partial charge in [-0.25, -0.2) is 4.79 Å². The molecule has 0 radical (unpaired) electrons. The highest BCUT2D eigenvalue weighted by atomic mass is 16.5. The van der Waals surface area contributed by atoms with Crippen LogP contribution in [-0.4, -0.2) is 36.6 Å². The predicted molar refractivity (Wildman–Crippen MR) is 94.8 cm³/mol. The Balaban J connectivity index is 1.68. The van der Waals surface area contributed by atoms with E-state index in [0.29, 0.717) is 41.3 Å². The highest BCUT2D eigenvalue weighted by molar-refractivity contribution is 6.04. The largest absolute Gasteiger partial charge is 0.493 e. The first kappa shape index (κ1) is 16.3. The molecule has 4 rings (SSSR count). The number of rotatable bonds is 3. The average Bonchev–Trinajstić information content (AvgIpc) is 3.05. The summed E-state index contributed by atoms with van der Waals surface area (Å²) in [7, 11) is 3.20. The Morgan fingerprint density at radius 1 is 1.15 bits per heavy atom. The number of methoxy groups -OCH3 is 2. The van der Waals surface area contributed by atoms with Gasteiger partial charge in [-0.2, -0.15) is 0 Å². The molecular formula is C19H18N2O5. The maximum absolute atomic E-state index is 13.0. The smallest absolute Gasteiger partial charge is 0.417 e. The molecule has 2 aromatic carbocycles. The zero-order valence-electron chi connectivity index (χ0n) is 14.5. The van der Waals surface area contributed by atoms with E-state index in [9.17, 15) is 9.59 Å². The third kappa shape index (κ3) is 2.61. The number of ether oxygens (including phenoxy) is 2. The Kier molecular flexibility index (Phi) is 3.91. The minimum Gasteiger partial charge on any atom is -0.493 e. The van der Waals surface area contributed by atoms with E-state index in [1.165, 1.54) is 0 Å². The van der Waals surface area contributed by atoms with E-state index >= 15 is 0 Å². The summed E-state index contributed by atoms with van der Waals surface area (Å²) in [6, 6.07) is 8.93. The summed E-state index contributed by atoms with van der Waals surface area (Å²) >= 11 is 0. The zero-order valence-corrected chi connectivity index (χ0v) is 14.5. The number of aromatic nitrogens is 1. The number of carbonyl (C=O) groups excluding carboxylic acids is 1. The molecule has 134 valence electrons. The number of oxazole rings is 1. The van der Waals surface area contributed by atoms with Gasteiger partial charge in [0.1, 0.15) is 0 Å². The van der Waals surface area contributed by atoms with E-state index in [0.717, 1.165) is 17.5 Å². The van der Waals surface area contributed by atoms with E-state index in [1.807, 2.05) is 12.1 Å². The molecule has 0 atom stereocenters. The van der Waals surface area contributed by atoms with Gasteiger partial charge < -0.3 is 18.8 Å². The first-order chi connectivity index (χ1) is 12.6. The molecule has 0 saturated heterocycles. The molecule has 3 aromatic rings. The average molecular weight is 354 g/mol. The lowest BCUT2D eigenvalue weighted by atomic mass is 9.98. The van der Waals surface area contributed by atoms with Crippen LogP contribution in [-0.2, 0) is 13.0 Å². The molecular weight excluding hydrogens is 336 g/mol. The van der Waals surface area contributed by atoms with Crippen molar-refractivity contribution >= 4 is 17.0 Å². The van der Waals surface area contributed by atoms with Crippen molar-refractivity contribution in [1.29, 1.82) is 0 Å². The molecule has 7 heteroatoms. The minimum atomic E-state index is -0.568. The Morgan fingerprint density at radius 2 is 1.88 bits per heavy atom. The summed E-state index contributed by atoms with van der Waals surface area (Å²) in [4.78, 5) is 28.8. The maximum Gasteiger partial charge on any atom is 0.417 e. The van der Waals surface area contributed by atoms with Crippen LogP contribution < -0.4 is 15.2 Å². The number of fused-ring (bicyclic) bond motifs is 2. The highest BCUT2D eigenvalue weighted by Gasteiger charge is 2.25. The van der Waals surface area contributed by atoms with Gasteiger partial charge in [-0.1, -0.05) is 6.07 Å². The number of para-hydroxylation sites is 1. The zero-order chi connectivity index (χ0) is 18.3. The van der Waals surface area contributed by atoms with Gasteiger partial charge in [-0.05, 0) is 41.8 Å². The fourth-order valence-electron chi connectivity index (χ4n) is 3.38. The van der Waals surface area contributed by atoms with Gasteiger partial charge in [0.15, 0.2) is 17.1 Å². The van der Waals surface area contributed by atoms with Crippen molar-refractivity contribution in [2.75, 3.05) is 20.8 Å². The van der Waals surface area contributed by atoms with E-state index in [4.69, 9.17) is 13.9 Å². The van der Waals surface area contributed by atoms with Crippen molar-refractivity contribution in [3.05, 3.63) is 57.6 Å². The second-order valence-electron chi connectivity index (χ2n) is 6.15. The molecule has 0 fully saturated rings. The molecule has 0 spiro atoms. The molecule has 1 amide bonds. The molecule has 1 N–H and O–H groups in total. The predicted octanol–water partition coefficient (Wildman–Crippen LogP) is 2.34. The molecule has 1 aliphatic heterocycles. The van der Waals surface area contributed by atoms with Crippen molar-refractivity contribution in [3.8, 4) is 11.5 Å². The molecule has 1 aliphatic rings. The van der Waals surface area contributed by atoms with E-state index in [-0.39, 0.29) is 5.91 Å². The normalized spacial score (nSPS) is 13.5. The summed E-state index contributed by atoms with van der Waals surface area (Å²) in [5.41, 5.74) is 3.40. The first-order valence-electron chi connectivity index (χ1n) is 8.25. The van der Waals surface area contributed by atoms with Gasteiger partial charge in [0, 0.05) is 13.1 Å². The topological polar surface area (TPSA) is 84.8 Å². The standard InChI is InChI=1S/C19H18N2O5/c1-24-15-8-11-6-7-21(10-12(11)9-16(15)25-2)18(22)13-4-3-5-14-17(13)20-19(23)26-14/h3-5,8-9H,6-7,10H2,1-2H3,(H,20,23). The fraction of sp³-hybridized carbons (Fsp3) is 0.263. The Hall–Kier alpha value is -3.22. The van der Waals surface area contributed by atoms with Crippen molar-refractivity contribution in [1.82, 2.24) is 9.88 Å². The lowest BCUT2D eigenvalue weighted by Crippen LogP contribution is -2.36. The molecule has 0 bridgehead atoms. The first-order valence-corrected chi connectivity index (χ1v) is 8.25. The van der Waals surface area contributed by atoms with Crippen LogP contribution in [0.3, 0.4) is 0 Å². The van der Waals surface area contributed by atoms with Crippen LogP contribution in [0.5, 0.6) is 11.5 Å². The lowest BCUT2D eigenvalue weighted by Gasteiger charge is -2.29. The van der Waals surface area contributed by atoms with Gasteiger partial charge in [0.25, 0.3) is 5.91 Å². The van der Waals surface area contributed by atoms with Crippen molar-refractivity contribution in [2.24, 2.45) is 0 Å². The van der Waals surface area contributed by atoms with E-state index in [1.54, 1.807) is 37.3 Å². The highest BCUT2D eigenvalue weighted by Crippen LogP contribution is 2.33. The van der Waals surface area contributed by atoms with Crippen LogP contribution in [0.1, 0.15) is 21.5 Å². The van der Waals surface area contributed by atoms with Crippen LogP contribution in [0.2, 0.25) is 0 Å². The van der Waals surface area contributed by atoms with Crippen molar-refractivity contribution in [2.45, 2.75) is 13.0 Å². The number of hydrogen-bond donors (Lipinski definition) is 1. The van der Waals surface area contributed by atoms with Gasteiger partial charge in [-0.15, -0.1) is 0 Å². The monoisotopic (exact) mass is 354 g/mol. The number of nitrogens with zero attached hydrogens (tertiary/aromatic N) is 1. The number of H-pyrrole nitrogens is 1. The minimum absolute atomic E-state index is 0.145. The Labute approximate surface area is 149 Å². The van der Waals surface area contributed by atoms with Crippen LogP contribution in [0.15, 0.2) is 39.5 Å². The maximum atomic E-state index is 13.0. The van der Waals surface area contributed by atoms with Gasteiger partial charge in [-0.3, -0.25) is 9.78 Å². The quantitative estimate of drug-likeness (QED) is 0.780. The third-order valence-corrected chi connectivity index (χ3v) is 4.69. The summed E-state index contributed by atoms with van der Waals surface area (Å²) in [6.45, 7) is 1.05. The molecule has 2 heterocycles. The molecule has 0 saturated carbocycles. The Morgan fingerprint density at radius 3 is 2.62 bits per heavy atom. The number of amides is 1. The van der Waals surface area contributed by atoms with Gasteiger partial charge in [0.05, 0.1) is 25.3 Å². The summed E-state index contributed by atoms with van der Waals surface area (Å²) < 4.78 is 15.8. The summed E-state index contributed by atoms with van der Waals surface area (Å²) in [5, 5.41) is 0. The van der Waals surface area contributed by atoms with Gasteiger partial charge in [0.2, 0.25) is 0 Å². The Bertz CT molecular complexity index is 1050. The van der Waals surface area contributed by atoms with Gasteiger partial charge >= 0.3 is 5.76 Å². The second-order valence-corrected chi connectivity index (χ2v) is 6.15. The third-order valence-electron chi connectivity index (χ3n) is 4.69. The molecule has 7 nitrogen and oxygen atoms in total. The number of nitrogens with one attached hydrogen (secondary N) is 1. The molecule has 0 unspecified atom stereocenters.